The van der Waals surface area contributed by atoms with Gasteiger partial charge in [-0.2, -0.15) is 4.31 Å². The van der Waals surface area contributed by atoms with Gasteiger partial charge in [-0.1, -0.05) is 0 Å². The third-order valence-corrected chi connectivity index (χ3v) is 2.71. The van der Waals surface area contributed by atoms with Gasteiger partial charge in [0.25, 0.3) is 11.3 Å². The van der Waals surface area contributed by atoms with Gasteiger partial charge in [-0.05, 0) is 20.8 Å². The molecule has 1 aliphatic rings. The van der Waals surface area contributed by atoms with E-state index in [1.54, 1.807) is 20.8 Å². The van der Waals surface area contributed by atoms with Crippen LogP contribution in [0.4, 0.5) is 9.18 Å². The van der Waals surface area contributed by atoms with E-state index in [1.165, 1.54) is 0 Å². The fraction of sp³-hybridized carbons (Fsp3) is 0.875. The quantitative estimate of drug-likeness (QED) is 0.689. The maximum absolute atomic E-state index is 12.5. The van der Waals surface area contributed by atoms with Crippen LogP contribution in [0.25, 0.3) is 0 Å². The van der Waals surface area contributed by atoms with Crippen LogP contribution in [0.15, 0.2) is 0 Å². The van der Waals surface area contributed by atoms with E-state index in [2.05, 4.69) is 4.18 Å². The molecule has 1 rings (SSSR count). The van der Waals surface area contributed by atoms with Crippen molar-refractivity contribution in [3.63, 3.8) is 0 Å². The van der Waals surface area contributed by atoms with Gasteiger partial charge in [0.1, 0.15) is 18.3 Å². The largest absolute Gasteiger partial charge is 0.443 e. The summed E-state index contributed by atoms with van der Waals surface area (Å²) in [5, 5.41) is 0. The maximum Gasteiger partial charge on any atom is 0.424 e. The lowest BCUT2D eigenvalue weighted by molar-refractivity contribution is 0.0349. The Morgan fingerprint density at radius 1 is 1.67 bits per heavy atom. The molecule has 0 radical (unpaired) electrons. The van der Waals surface area contributed by atoms with Gasteiger partial charge in [0.15, 0.2) is 0 Å². The lowest BCUT2D eigenvalue weighted by Crippen LogP contribution is -2.41. The van der Waals surface area contributed by atoms with E-state index in [4.69, 9.17) is 4.74 Å². The summed E-state index contributed by atoms with van der Waals surface area (Å²) < 4.78 is 34.1. The van der Waals surface area contributed by atoms with Gasteiger partial charge in [-0.15, -0.1) is 0 Å². The van der Waals surface area contributed by atoms with E-state index >= 15 is 0 Å². The van der Waals surface area contributed by atoms with Crippen LogP contribution in [0.3, 0.4) is 0 Å². The SMILES string of the molecule is CC(C)(C)OC(=O)N1[C@H](CF)COS1=O. The predicted octanol–water partition coefficient (Wildman–Crippen LogP) is 1.17. The molecule has 2 atom stereocenters. The molecule has 0 aliphatic carbocycles. The standard InChI is InChI=1S/C8H14FNO4S/c1-8(2,3)14-7(11)10-6(4-9)5-13-15(10)12/h6H,4-5H2,1-3H3/t6-,15?/m1/s1. The summed E-state index contributed by atoms with van der Waals surface area (Å²) in [5.74, 6) is 0. The second kappa shape index (κ2) is 4.44. The Morgan fingerprint density at radius 2 is 2.27 bits per heavy atom. The van der Waals surface area contributed by atoms with E-state index in [9.17, 15) is 13.4 Å². The minimum Gasteiger partial charge on any atom is -0.443 e. The van der Waals surface area contributed by atoms with Crippen molar-refractivity contribution in [3.8, 4) is 0 Å². The molecule has 0 spiro atoms. The summed E-state index contributed by atoms with van der Waals surface area (Å²) in [6.07, 6.45) is -0.819. The Bertz CT molecular complexity index is 278. The van der Waals surface area contributed by atoms with Gasteiger partial charge >= 0.3 is 6.09 Å². The molecule has 0 saturated carbocycles. The summed E-state index contributed by atoms with van der Waals surface area (Å²) >= 11 is -1.94. The number of hydrogen-bond acceptors (Lipinski definition) is 4. The minimum absolute atomic E-state index is 0.0671. The van der Waals surface area contributed by atoms with E-state index < -0.39 is 35.7 Å². The number of alkyl halides is 1. The first-order valence-corrected chi connectivity index (χ1v) is 5.51. The van der Waals surface area contributed by atoms with Crippen molar-refractivity contribution in [3.05, 3.63) is 0 Å². The highest BCUT2D eigenvalue weighted by Gasteiger charge is 2.39. The van der Waals surface area contributed by atoms with Gasteiger partial charge in [0.2, 0.25) is 0 Å². The summed E-state index contributed by atoms with van der Waals surface area (Å²) in [5.41, 5.74) is -0.704. The van der Waals surface area contributed by atoms with E-state index in [0.717, 1.165) is 4.31 Å². The molecule has 1 unspecified atom stereocenters. The zero-order valence-electron chi connectivity index (χ0n) is 8.86. The summed E-state index contributed by atoms with van der Waals surface area (Å²) in [6.45, 7) is 4.16. The molecule has 0 aromatic rings. The zero-order valence-corrected chi connectivity index (χ0v) is 9.67. The van der Waals surface area contributed by atoms with Crippen LogP contribution >= 0.6 is 0 Å². The average molecular weight is 239 g/mol. The number of carbonyl (C=O) groups excluding carboxylic acids is 1. The van der Waals surface area contributed by atoms with Gasteiger partial charge in [0.05, 0.1) is 6.61 Å². The van der Waals surface area contributed by atoms with Crippen molar-refractivity contribution in [2.24, 2.45) is 0 Å². The number of rotatable bonds is 1. The lowest BCUT2D eigenvalue weighted by Gasteiger charge is -2.24. The molecule has 15 heavy (non-hydrogen) atoms. The number of carbonyl (C=O) groups is 1. The van der Waals surface area contributed by atoms with Crippen LogP contribution in [0.2, 0.25) is 0 Å². The third-order valence-electron chi connectivity index (χ3n) is 1.61. The molecule has 5 nitrogen and oxygen atoms in total. The molecule has 1 amide bonds. The number of ether oxygens (including phenoxy) is 1. The van der Waals surface area contributed by atoms with E-state index in [0.29, 0.717) is 0 Å². The second-order valence-corrected chi connectivity index (χ2v) is 5.18. The second-order valence-electron chi connectivity index (χ2n) is 4.12. The van der Waals surface area contributed by atoms with Crippen LogP contribution in [0.1, 0.15) is 20.8 Å². The highest BCUT2D eigenvalue weighted by atomic mass is 32.2. The lowest BCUT2D eigenvalue weighted by atomic mass is 10.2. The number of amides is 1. The first-order chi connectivity index (χ1) is 6.85. The van der Waals surface area contributed by atoms with Crippen molar-refractivity contribution in [1.82, 2.24) is 4.31 Å². The van der Waals surface area contributed by atoms with Crippen LogP contribution in [-0.2, 0) is 20.2 Å². The highest BCUT2D eigenvalue weighted by Crippen LogP contribution is 2.19. The van der Waals surface area contributed by atoms with Gasteiger partial charge < -0.3 is 4.74 Å². The first kappa shape index (κ1) is 12.4. The van der Waals surface area contributed by atoms with Crippen LogP contribution < -0.4 is 0 Å². The van der Waals surface area contributed by atoms with Crippen LogP contribution in [-0.4, -0.2) is 39.5 Å². The fourth-order valence-corrected chi connectivity index (χ4v) is 1.91. The van der Waals surface area contributed by atoms with Crippen LogP contribution in [0.5, 0.6) is 0 Å². The molecule has 1 saturated heterocycles. The third kappa shape index (κ3) is 3.13. The van der Waals surface area contributed by atoms with Gasteiger partial charge in [-0.3, -0.25) is 4.18 Å². The predicted molar refractivity (Wildman–Crippen MR) is 51.9 cm³/mol. The molecule has 88 valence electrons. The average Bonchev–Trinajstić information content (AvgIpc) is 2.43. The molecule has 1 fully saturated rings. The van der Waals surface area contributed by atoms with Crippen molar-refractivity contribution in [2.45, 2.75) is 32.4 Å². The van der Waals surface area contributed by atoms with Gasteiger partial charge in [-0.25, -0.2) is 13.4 Å². The van der Waals surface area contributed by atoms with Crippen LogP contribution in [0, 0.1) is 0 Å². The summed E-state index contributed by atoms with van der Waals surface area (Å²) in [7, 11) is 0. The maximum atomic E-state index is 12.5. The first-order valence-electron chi connectivity index (χ1n) is 4.48. The molecule has 0 aromatic carbocycles. The Balaban J connectivity index is 2.69. The van der Waals surface area contributed by atoms with Crippen molar-refractivity contribution >= 4 is 17.4 Å². The molecule has 1 aliphatic heterocycles. The Kier molecular flexibility index (Phi) is 3.67. The smallest absolute Gasteiger partial charge is 0.424 e. The Hall–Kier alpha value is -0.690. The van der Waals surface area contributed by atoms with E-state index in [-0.39, 0.29) is 6.61 Å². The fourth-order valence-electron chi connectivity index (χ4n) is 1.01. The Morgan fingerprint density at radius 3 is 2.73 bits per heavy atom. The normalized spacial score (nSPS) is 26.8. The van der Waals surface area contributed by atoms with Crippen molar-refractivity contribution in [2.75, 3.05) is 13.3 Å². The molecular formula is C8H14FNO4S. The number of halogens is 1. The molecule has 7 heteroatoms. The molecule has 0 N–H and O–H groups in total. The van der Waals surface area contributed by atoms with Crippen molar-refractivity contribution < 1.29 is 22.3 Å². The van der Waals surface area contributed by atoms with Crippen molar-refractivity contribution in [1.29, 1.82) is 0 Å². The molecule has 0 aromatic heterocycles. The highest BCUT2D eigenvalue weighted by molar-refractivity contribution is 7.78. The molecule has 1 heterocycles. The zero-order chi connectivity index (χ0) is 11.6. The molecule has 0 bridgehead atoms. The summed E-state index contributed by atoms with van der Waals surface area (Å²) in [4.78, 5) is 11.5. The minimum atomic E-state index is -1.94. The molecular weight excluding hydrogens is 225 g/mol. The Labute approximate surface area is 90.3 Å². The monoisotopic (exact) mass is 239 g/mol. The number of nitrogens with zero attached hydrogens (tertiary/aromatic N) is 1. The number of hydrogen-bond donors (Lipinski definition) is 0. The topological polar surface area (TPSA) is 55.8 Å². The summed E-state index contributed by atoms with van der Waals surface area (Å²) in [6, 6.07) is -0.819. The van der Waals surface area contributed by atoms with Gasteiger partial charge in [0, 0.05) is 0 Å². The van der Waals surface area contributed by atoms with E-state index in [1.807, 2.05) is 0 Å².